The van der Waals surface area contributed by atoms with E-state index in [0.717, 1.165) is 24.5 Å². The van der Waals surface area contributed by atoms with Gasteiger partial charge in [0, 0.05) is 18.9 Å². The highest BCUT2D eigenvalue weighted by atomic mass is 32.2. The van der Waals surface area contributed by atoms with E-state index in [1.165, 1.54) is 31.5 Å². The van der Waals surface area contributed by atoms with Gasteiger partial charge < -0.3 is 10.3 Å². The van der Waals surface area contributed by atoms with E-state index in [1.54, 1.807) is 11.8 Å². The van der Waals surface area contributed by atoms with E-state index in [1.807, 2.05) is 0 Å². The Morgan fingerprint density at radius 1 is 1.38 bits per heavy atom. The lowest BCUT2D eigenvalue weighted by molar-refractivity contribution is -0.368. The molecule has 1 fully saturated rings. The first-order valence-corrected chi connectivity index (χ1v) is 7.36. The molecule has 0 aliphatic heterocycles. The molecule has 0 aromatic carbocycles. The van der Waals surface area contributed by atoms with Gasteiger partial charge in [0.1, 0.15) is 5.82 Å². The molecule has 16 heavy (non-hydrogen) atoms. The smallest absolute Gasteiger partial charge is 0.191 e. The van der Waals surface area contributed by atoms with Crippen molar-refractivity contribution in [3.8, 4) is 0 Å². The number of aromatic nitrogens is 3. The second-order valence-corrected chi connectivity index (χ2v) is 5.14. The number of hydrogen-bond donors (Lipinski definition) is 1. The zero-order valence-electron chi connectivity index (χ0n) is 9.98. The van der Waals surface area contributed by atoms with E-state index in [-0.39, 0.29) is 0 Å². The van der Waals surface area contributed by atoms with Gasteiger partial charge in [0.15, 0.2) is 5.16 Å². The van der Waals surface area contributed by atoms with Gasteiger partial charge in [0.25, 0.3) is 0 Å². The molecular formula is C11H21N4S+. The van der Waals surface area contributed by atoms with E-state index < -0.39 is 0 Å². The molecule has 5 heteroatoms. The van der Waals surface area contributed by atoms with Crippen molar-refractivity contribution in [2.45, 2.75) is 49.7 Å². The average molecular weight is 241 g/mol. The molecule has 1 heterocycles. The second kappa shape index (κ2) is 5.68. The standard InChI is InChI=1S/C11H20N4S/c1-16-11-14-13-10(7-4-8-12)15(11)9-5-2-3-6-9/h9H,2-8,12H2,1H3/p+1. The summed E-state index contributed by atoms with van der Waals surface area (Å²) >= 11 is 1.71. The first kappa shape index (κ1) is 11.9. The summed E-state index contributed by atoms with van der Waals surface area (Å²) in [5, 5.41) is 9.71. The largest absolute Gasteiger partial charge is 0.358 e. The summed E-state index contributed by atoms with van der Waals surface area (Å²) in [5.74, 6) is 1.17. The highest BCUT2D eigenvalue weighted by Crippen LogP contribution is 2.33. The van der Waals surface area contributed by atoms with Crippen molar-refractivity contribution in [1.29, 1.82) is 0 Å². The molecule has 4 nitrogen and oxygen atoms in total. The first-order chi connectivity index (χ1) is 7.86. The van der Waals surface area contributed by atoms with Crippen LogP contribution in [0.15, 0.2) is 5.16 Å². The van der Waals surface area contributed by atoms with Crippen molar-refractivity contribution in [3.05, 3.63) is 5.82 Å². The number of rotatable bonds is 5. The summed E-state index contributed by atoms with van der Waals surface area (Å²) in [6.45, 7) is 0.978. The number of hydrogen-bond acceptors (Lipinski definition) is 3. The molecule has 1 saturated carbocycles. The SMILES string of the molecule is CSc1nnc(CCC[NH3+])n1C1CCCC1. The monoisotopic (exact) mass is 241 g/mol. The maximum Gasteiger partial charge on any atom is 0.191 e. The molecule has 3 N–H and O–H groups in total. The summed E-state index contributed by atoms with van der Waals surface area (Å²) in [5.41, 5.74) is 3.89. The van der Waals surface area contributed by atoms with E-state index in [2.05, 4.69) is 26.8 Å². The Hall–Kier alpha value is -0.550. The summed E-state index contributed by atoms with van der Waals surface area (Å²) in [7, 11) is 0. The third-order valence-electron chi connectivity index (χ3n) is 3.26. The lowest BCUT2D eigenvalue weighted by Crippen LogP contribution is -2.50. The Morgan fingerprint density at radius 3 is 2.75 bits per heavy atom. The van der Waals surface area contributed by atoms with Crippen LogP contribution in [0.3, 0.4) is 0 Å². The predicted octanol–water partition coefficient (Wildman–Crippen LogP) is 1.29. The van der Waals surface area contributed by atoms with Crippen LogP contribution in [-0.4, -0.2) is 27.6 Å². The van der Waals surface area contributed by atoms with Crippen LogP contribution in [-0.2, 0) is 6.42 Å². The van der Waals surface area contributed by atoms with Crippen molar-refractivity contribution >= 4 is 11.8 Å². The molecule has 0 radical (unpaired) electrons. The fraction of sp³-hybridized carbons (Fsp3) is 0.818. The normalized spacial score (nSPS) is 17.1. The fourth-order valence-corrected chi connectivity index (χ4v) is 3.00. The van der Waals surface area contributed by atoms with Gasteiger partial charge in [-0.1, -0.05) is 24.6 Å². The van der Waals surface area contributed by atoms with Crippen LogP contribution < -0.4 is 5.73 Å². The van der Waals surface area contributed by atoms with Crippen LogP contribution in [0, 0.1) is 0 Å². The Labute approximate surface area is 101 Å². The van der Waals surface area contributed by atoms with Gasteiger partial charge in [-0.2, -0.15) is 0 Å². The summed E-state index contributed by atoms with van der Waals surface area (Å²) in [6.07, 6.45) is 9.51. The van der Waals surface area contributed by atoms with Crippen LogP contribution in [0.25, 0.3) is 0 Å². The van der Waals surface area contributed by atoms with E-state index in [0.29, 0.717) is 6.04 Å². The van der Waals surface area contributed by atoms with Gasteiger partial charge in [0.05, 0.1) is 6.54 Å². The number of aryl methyl sites for hydroxylation is 1. The van der Waals surface area contributed by atoms with Crippen molar-refractivity contribution in [1.82, 2.24) is 14.8 Å². The van der Waals surface area contributed by atoms with Crippen LogP contribution >= 0.6 is 11.8 Å². The lowest BCUT2D eigenvalue weighted by Gasteiger charge is -2.15. The van der Waals surface area contributed by atoms with Crippen molar-refractivity contribution in [2.75, 3.05) is 12.8 Å². The quantitative estimate of drug-likeness (QED) is 0.790. The van der Waals surface area contributed by atoms with Crippen molar-refractivity contribution in [2.24, 2.45) is 0 Å². The van der Waals surface area contributed by atoms with Crippen LogP contribution in [0.1, 0.15) is 44.0 Å². The third kappa shape index (κ3) is 2.40. The Balaban J connectivity index is 2.19. The zero-order valence-corrected chi connectivity index (χ0v) is 10.8. The number of quaternary nitrogens is 1. The molecule has 0 unspecified atom stereocenters. The van der Waals surface area contributed by atoms with E-state index in [9.17, 15) is 0 Å². The maximum atomic E-state index is 4.33. The summed E-state index contributed by atoms with van der Waals surface area (Å²) < 4.78 is 2.38. The minimum absolute atomic E-state index is 0.650. The highest BCUT2D eigenvalue weighted by Gasteiger charge is 2.23. The Bertz CT molecular complexity index is 331. The number of nitrogens with zero attached hydrogens (tertiary/aromatic N) is 3. The molecule has 1 aromatic rings. The highest BCUT2D eigenvalue weighted by molar-refractivity contribution is 7.98. The predicted molar refractivity (Wildman–Crippen MR) is 65.4 cm³/mol. The third-order valence-corrected chi connectivity index (χ3v) is 3.90. The van der Waals surface area contributed by atoms with Crippen LogP contribution in [0.4, 0.5) is 0 Å². The van der Waals surface area contributed by atoms with E-state index >= 15 is 0 Å². The molecule has 0 spiro atoms. The topological polar surface area (TPSA) is 58.4 Å². The Morgan fingerprint density at radius 2 is 2.12 bits per heavy atom. The molecular weight excluding hydrogens is 220 g/mol. The molecule has 0 atom stereocenters. The van der Waals surface area contributed by atoms with Gasteiger partial charge in [-0.3, -0.25) is 0 Å². The zero-order chi connectivity index (χ0) is 11.4. The molecule has 90 valence electrons. The van der Waals surface area contributed by atoms with Gasteiger partial charge >= 0.3 is 0 Å². The average Bonchev–Trinajstić information content (AvgIpc) is 2.94. The minimum atomic E-state index is 0.650. The van der Waals surface area contributed by atoms with Gasteiger partial charge in [0.2, 0.25) is 0 Å². The molecule has 0 bridgehead atoms. The Kier molecular flexibility index (Phi) is 4.23. The maximum absolute atomic E-state index is 4.33. The van der Waals surface area contributed by atoms with Gasteiger partial charge in [-0.25, -0.2) is 0 Å². The summed E-state index contributed by atoms with van der Waals surface area (Å²) in [4.78, 5) is 0. The van der Waals surface area contributed by atoms with Crippen molar-refractivity contribution in [3.63, 3.8) is 0 Å². The van der Waals surface area contributed by atoms with Gasteiger partial charge in [-0.05, 0) is 19.1 Å². The molecule has 0 amide bonds. The summed E-state index contributed by atoms with van der Waals surface area (Å²) in [6, 6.07) is 0.650. The fourth-order valence-electron chi connectivity index (χ4n) is 2.43. The van der Waals surface area contributed by atoms with Gasteiger partial charge in [-0.15, -0.1) is 10.2 Å². The number of thioether (sulfide) groups is 1. The lowest BCUT2D eigenvalue weighted by atomic mass is 10.2. The van der Waals surface area contributed by atoms with Crippen LogP contribution in [0.5, 0.6) is 0 Å². The molecule has 1 aromatic heterocycles. The minimum Gasteiger partial charge on any atom is -0.358 e. The second-order valence-electron chi connectivity index (χ2n) is 4.37. The molecule has 0 saturated heterocycles. The first-order valence-electron chi connectivity index (χ1n) is 6.14. The molecule has 1 aliphatic rings. The van der Waals surface area contributed by atoms with Crippen LogP contribution in [0.2, 0.25) is 0 Å². The van der Waals surface area contributed by atoms with E-state index in [4.69, 9.17) is 0 Å². The molecule has 1 aliphatic carbocycles. The molecule has 2 rings (SSSR count). The van der Waals surface area contributed by atoms with Crippen molar-refractivity contribution < 1.29 is 5.73 Å².